The smallest absolute Gasteiger partial charge is 0.240 e. The Bertz CT molecular complexity index is 722. The lowest BCUT2D eigenvalue weighted by Crippen LogP contribution is -2.38. The highest BCUT2D eigenvalue weighted by Gasteiger charge is 2.18. The lowest BCUT2D eigenvalue weighted by Gasteiger charge is -2.22. The molecule has 2 N–H and O–H groups in total. The Labute approximate surface area is 125 Å². The van der Waals surface area contributed by atoms with Gasteiger partial charge in [0.05, 0.1) is 4.90 Å². The molecule has 4 nitrogen and oxygen atoms in total. The van der Waals surface area contributed by atoms with E-state index in [4.69, 9.17) is 0 Å². The molecule has 21 heavy (non-hydrogen) atoms. The van der Waals surface area contributed by atoms with Gasteiger partial charge in [-0.3, -0.25) is 0 Å². The van der Waals surface area contributed by atoms with Gasteiger partial charge >= 0.3 is 0 Å². The van der Waals surface area contributed by atoms with Gasteiger partial charge in [0.2, 0.25) is 10.0 Å². The van der Waals surface area contributed by atoms with Gasteiger partial charge in [-0.25, -0.2) is 13.1 Å². The molecule has 3 rings (SSSR count). The van der Waals surface area contributed by atoms with Crippen molar-refractivity contribution >= 4 is 20.8 Å². The minimum atomic E-state index is -3.43. The SMILES string of the molecule is O=S(=O)(NCC1CCCNC1)c1ccc2ccccc2c1. The lowest BCUT2D eigenvalue weighted by atomic mass is 10.0. The van der Waals surface area contributed by atoms with Crippen molar-refractivity contribution in [1.82, 2.24) is 10.0 Å². The summed E-state index contributed by atoms with van der Waals surface area (Å²) in [5.41, 5.74) is 0. The van der Waals surface area contributed by atoms with Crippen LogP contribution in [0.25, 0.3) is 10.8 Å². The van der Waals surface area contributed by atoms with Crippen LogP contribution < -0.4 is 10.0 Å². The van der Waals surface area contributed by atoms with E-state index in [1.165, 1.54) is 0 Å². The number of hydrogen-bond donors (Lipinski definition) is 2. The molecule has 0 spiro atoms. The molecule has 1 aliphatic rings. The molecule has 2 aromatic carbocycles. The molecular weight excluding hydrogens is 284 g/mol. The van der Waals surface area contributed by atoms with E-state index in [2.05, 4.69) is 10.0 Å². The Morgan fingerprint density at radius 2 is 1.95 bits per heavy atom. The van der Waals surface area contributed by atoms with E-state index < -0.39 is 10.0 Å². The van der Waals surface area contributed by atoms with Crippen molar-refractivity contribution in [2.24, 2.45) is 5.92 Å². The molecule has 0 saturated carbocycles. The van der Waals surface area contributed by atoms with Gasteiger partial charge in [-0.1, -0.05) is 30.3 Å². The second-order valence-electron chi connectivity index (χ2n) is 5.57. The molecule has 0 bridgehead atoms. The largest absolute Gasteiger partial charge is 0.316 e. The Morgan fingerprint density at radius 3 is 2.71 bits per heavy atom. The minimum Gasteiger partial charge on any atom is -0.316 e. The van der Waals surface area contributed by atoms with Gasteiger partial charge in [0.1, 0.15) is 0 Å². The van der Waals surface area contributed by atoms with Crippen molar-refractivity contribution in [1.29, 1.82) is 0 Å². The third kappa shape index (κ3) is 3.43. The van der Waals surface area contributed by atoms with Crippen molar-refractivity contribution in [2.45, 2.75) is 17.7 Å². The summed E-state index contributed by atoms with van der Waals surface area (Å²) in [4.78, 5) is 0.338. The molecule has 112 valence electrons. The molecule has 1 fully saturated rings. The molecule has 0 radical (unpaired) electrons. The maximum Gasteiger partial charge on any atom is 0.240 e. The van der Waals surface area contributed by atoms with E-state index in [1.54, 1.807) is 12.1 Å². The predicted octanol–water partition coefficient (Wildman–Crippen LogP) is 2.12. The van der Waals surface area contributed by atoms with Crippen molar-refractivity contribution in [3.63, 3.8) is 0 Å². The first-order valence-electron chi connectivity index (χ1n) is 7.34. The number of sulfonamides is 1. The predicted molar refractivity (Wildman–Crippen MR) is 84.7 cm³/mol. The lowest BCUT2D eigenvalue weighted by molar-refractivity contribution is 0.376. The van der Waals surface area contributed by atoms with E-state index >= 15 is 0 Å². The zero-order valence-corrected chi connectivity index (χ0v) is 12.7. The quantitative estimate of drug-likeness (QED) is 0.909. The molecule has 1 atom stereocenters. The first-order chi connectivity index (χ1) is 10.1. The van der Waals surface area contributed by atoms with Gasteiger partial charge in [0.25, 0.3) is 0 Å². The highest BCUT2D eigenvalue weighted by atomic mass is 32.2. The molecule has 5 heteroatoms. The molecule has 0 aromatic heterocycles. The van der Waals surface area contributed by atoms with Gasteiger partial charge in [-0.2, -0.15) is 0 Å². The number of rotatable bonds is 4. The van der Waals surface area contributed by atoms with E-state index in [-0.39, 0.29) is 0 Å². The summed E-state index contributed by atoms with van der Waals surface area (Å²) in [7, 11) is -3.43. The first-order valence-corrected chi connectivity index (χ1v) is 8.83. The first kappa shape index (κ1) is 14.5. The van der Waals surface area contributed by atoms with E-state index in [0.717, 1.165) is 36.7 Å². The number of hydrogen-bond acceptors (Lipinski definition) is 3. The topological polar surface area (TPSA) is 58.2 Å². The van der Waals surface area contributed by atoms with Crippen LogP contribution >= 0.6 is 0 Å². The molecular formula is C16H20N2O2S. The van der Waals surface area contributed by atoms with Crippen LogP contribution in [0.15, 0.2) is 47.4 Å². The fourth-order valence-corrected chi connectivity index (χ4v) is 3.89. The maximum atomic E-state index is 12.4. The van der Waals surface area contributed by atoms with Crippen molar-refractivity contribution in [2.75, 3.05) is 19.6 Å². The van der Waals surface area contributed by atoms with Crippen LogP contribution in [0.3, 0.4) is 0 Å². The van der Waals surface area contributed by atoms with Crippen molar-refractivity contribution < 1.29 is 8.42 Å². The molecule has 0 amide bonds. The molecule has 1 aliphatic heterocycles. The summed E-state index contributed by atoms with van der Waals surface area (Å²) in [6, 6.07) is 13.0. The summed E-state index contributed by atoms with van der Waals surface area (Å²) in [5, 5.41) is 5.29. The van der Waals surface area contributed by atoms with Gasteiger partial charge < -0.3 is 5.32 Å². The van der Waals surface area contributed by atoms with Crippen molar-refractivity contribution in [3.05, 3.63) is 42.5 Å². The molecule has 2 aromatic rings. The van der Waals surface area contributed by atoms with Crippen LogP contribution in [0.2, 0.25) is 0 Å². The zero-order chi connectivity index (χ0) is 14.7. The fraction of sp³-hybridized carbons (Fsp3) is 0.375. The highest BCUT2D eigenvalue weighted by Crippen LogP contribution is 2.19. The van der Waals surface area contributed by atoms with E-state index in [0.29, 0.717) is 17.4 Å². The van der Waals surface area contributed by atoms with Gasteiger partial charge in [0.15, 0.2) is 0 Å². The van der Waals surface area contributed by atoms with E-state index in [1.807, 2.05) is 30.3 Å². The molecule has 1 saturated heterocycles. The Balaban J connectivity index is 1.76. The Morgan fingerprint density at radius 1 is 1.14 bits per heavy atom. The monoisotopic (exact) mass is 304 g/mol. The summed E-state index contributed by atoms with van der Waals surface area (Å²) in [6.07, 6.45) is 2.19. The average Bonchev–Trinajstić information content (AvgIpc) is 2.53. The minimum absolute atomic E-state index is 0.338. The second kappa shape index (κ2) is 6.13. The molecule has 0 aliphatic carbocycles. The van der Waals surface area contributed by atoms with Gasteiger partial charge in [-0.05, 0) is 54.8 Å². The van der Waals surface area contributed by atoms with Crippen LogP contribution in [-0.4, -0.2) is 28.1 Å². The van der Waals surface area contributed by atoms with Gasteiger partial charge in [-0.15, -0.1) is 0 Å². The summed E-state index contributed by atoms with van der Waals surface area (Å²) >= 11 is 0. The van der Waals surface area contributed by atoms with Crippen LogP contribution in [0, 0.1) is 5.92 Å². The number of fused-ring (bicyclic) bond motifs is 1. The molecule has 1 unspecified atom stereocenters. The van der Waals surface area contributed by atoms with E-state index in [9.17, 15) is 8.42 Å². The maximum absolute atomic E-state index is 12.4. The van der Waals surface area contributed by atoms with Crippen molar-refractivity contribution in [3.8, 4) is 0 Å². The summed E-state index contributed by atoms with van der Waals surface area (Å²) in [5.74, 6) is 0.383. The third-order valence-electron chi connectivity index (χ3n) is 3.99. The zero-order valence-electron chi connectivity index (χ0n) is 11.9. The van der Waals surface area contributed by atoms with Gasteiger partial charge in [0, 0.05) is 6.54 Å². The van der Waals surface area contributed by atoms with Crippen LogP contribution in [0.5, 0.6) is 0 Å². The third-order valence-corrected chi connectivity index (χ3v) is 5.41. The number of benzene rings is 2. The number of nitrogens with one attached hydrogen (secondary N) is 2. The second-order valence-corrected chi connectivity index (χ2v) is 7.34. The Kier molecular flexibility index (Phi) is 4.24. The Hall–Kier alpha value is -1.43. The van der Waals surface area contributed by atoms with Crippen LogP contribution in [0.4, 0.5) is 0 Å². The summed E-state index contributed by atoms with van der Waals surface area (Å²) in [6.45, 7) is 2.43. The summed E-state index contributed by atoms with van der Waals surface area (Å²) < 4.78 is 27.5. The standard InChI is InChI=1S/C16H20N2O2S/c19-21(20,18-12-13-4-3-9-17-11-13)16-8-7-14-5-1-2-6-15(14)10-16/h1-2,5-8,10,13,17-18H,3-4,9,11-12H2. The van der Waals surface area contributed by atoms with Crippen LogP contribution in [-0.2, 0) is 10.0 Å². The average molecular weight is 304 g/mol. The molecule has 1 heterocycles. The van der Waals surface area contributed by atoms with Crippen LogP contribution in [0.1, 0.15) is 12.8 Å². The number of piperidine rings is 1. The fourth-order valence-electron chi connectivity index (χ4n) is 2.74. The normalized spacial score (nSPS) is 19.7. The highest BCUT2D eigenvalue weighted by molar-refractivity contribution is 7.89.